The number of carbonyl (C=O) groups excluding carboxylic acids is 1. The molecular weight excluding hydrogens is 249 g/mol. The third-order valence-electron chi connectivity index (χ3n) is 2.45. The molecule has 0 atom stereocenters. The molecule has 0 aromatic heterocycles. The third-order valence-corrected chi connectivity index (χ3v) is 2.45. The van der Waals surface area contributed by atoms with Crippen LogP contribution in [0, 0.1) is 5.82 Å². The van der Waals surface area contributed by atoms with Gasteiger partial charge in [-0.2, -0.15) is 0 Å². The second-order valence-electron chi connectivity index (χ2n) is 3.93. The number of halogens is 1. The van der Waals surface area contributed by atoms with Crippen LogP contribution in [0.25, 0.3) is 0 Å². The highest BCUT2D eigenvalue weighted by Gasteiger charge is 2.09. The summed E-state index contributed by atoms with van der Waals surface area (Å²) in [6.07, 6.45) is 0.328. The van der Waals surface area contributed by atoms with Crippen LogP contribution in [0.3, 0.4) is 0 Å². The van der Waals surface area contributed by atoms with Crippen LogP contribution in [0.1, 0.15) is 20.3 Å². The standard InChI is InChI=1S/C13H20FN3O2/c1-3-16-13(18)5-6-17-11-8-12(19-4-2)9(14)7-10(11)15/h7-8,17H,3-6,15H2,1-2H3,(H,16,18). The van der Waals surface area contributed by atoms with E-state index < -0.39 is 5.82 Å². The van der Waals surface area contributed by atoms with Crippen LogP contribution in [0.15, 0.2) is 12.1 Å². The van der Waals surface area contributed by atoms with E-state index in [1.165, 1.54) is 12.1 Å². The first-order valence-corrected chi connectivity index (χ1v) is 6.30. The van der Waals surface area contributed by atoms with Gasteiger partial charge in [0.1, 0.15) is 0 Å². The van der Waals surface area contributed by atoms with Crippen molar-refractivity contribution in [2.24, 2.45) is 0 Å². The number of nitrogens with one attached hydrogen (secondary N) is 2. The van der Waals surface area contributed by atoms with Crippen molar-refractivity contribution in [3.05, 3.63) is 17.9 Å². The van der Waals surface area contributed by atoms with Crippen molar-refractivity contribution in [3.63, 3.8) is 0 Å². The average Bonchev–Trinajstić information content (AvgIpc) is 2.35. The molecule has 0 saturated heterocycles. The van der Waals surface area contributed by atoms with Crippen LogP contribution in [-0.4, -0.2) is 25.6 Å². The van der Waals surface area contributed by atoms with E-state index in [1.54, 1.807) is 6.92 Å². The summed E-state index contributed by atoms with van der Waals surface area (Å²) in [7, 11) is 0. The van der Waals surface area contributed by atoms with Gasteiger partial charge in [0.05, 0.1) is 18.0 Å². The quantitative estimate of drug-likeness (QED) is 0.659. The van der Waals surface area contributed by atoms with Crippen LogP contribution < -0.4 is 21.1 Å². The number of carbonyl (C=O) groups is 1. The molecule has 106 valence electrons. The maximum atomic E-state index is 13.5. The minimum Gasteiger partial charge on any atom is -0.491 e. The predicted octanol–water partition coefficient (Wildman–Crippen LogP) is 1.74. The summed E-state index contributed by atoms with van der Waals surface area (Å²) in [5.41, 5.74) is 6.56. The Bertz CT molecular complexity index is 438. The predicted molar refractivity (Wildman–Crippen MR) is 73.8 cm³/mol. The molecule has 1 aromatic carbocycles. The Labute approximate surface area is 112 Å². The van der Waals surface area contributed by atoms with Crippen LogP contribution in [0.5, 0.6) is 5.75 Å². The lowest BCUT2D eigenvalue weighted by Crippen LogP contribution is -2.24. The van der Waals surface area contributed by atoms with Gasteiger partial charge in [-0.3, -0.25) is 4.79 Å². The zero-order valence-electron chi connectivity index (χ0n) is 11.3. The Kier molecular flexibility index (Phi) is 5.92. The molecule has 0 radical (unpaired) electrons. The van der Waals surface area contributed by atoms with E-state index in [1.807, 2.05) is 6.92 Å². The molecule has 19 heavy (non-hydrogen) atoms. The molecule has 0 aliphatic heterocycles. The lowest BCUT2D eigenvalue weighted by molar-refractivity contribution is -0.120. The topological polar surface area (TPSA) is 76.4 Å². The van der Waals surface area contributed by atoms with Gasteiger partial charge in [0, 0.05) is 31.6 Å². The zero-order chi connectivity index (χ0) is 14.3. The summed E-state index contributed by atoms with van der Waals surface area (Å²) in [5.74, 6) is -0.383. The van der Waals surface area contributed by atoms with Crippen LogP contribution in [-0.2, 0) is 4.79 Å². The van der Waals surface area contributed by atoms with E-state index >= 15 is 0 Å². The molecule has 4 N–H and O–H groups in total. The number of hydrogen-bond donors (Lipinski definition) is 3. The molecule has 0 bridgehead atoms. The zero-order valence-corrected chi connectivity index (χ0v) is 11.3. The molecule has 0 fully saturated rings. The van der Waals surface area contributed by atoms with E-state index in [2.05, 4.69) is 10.6 Å². The fourth-order valence-electron chi connectivity index (χ4n) is 1.58. The molecule has 1 rings (SSSR count). The monoisotopic (exact) mass is 269 g/mol. The molecular formula is C13H20FN3O2. The highest BCUT2D eigenvalue weighted by Crippen LogP contribution is 2.28. The average molecular weight is 269 g/mol. The van der Waals surface area contributed by atoms with Crippen molar-refractivity contribution < 1.29 is 13.9 Å². The van der Waals surface area contributed by atoms with E-state index in [0.29, 0.717) is 31.8 Å². The van der Waals surface area contributed by atoms with Gasteiger partial charge in [0.2, 0.25) is 5.91 Å². The van der Waals surface area contributed by atoms with E-state index in [0.717, 1.165) is 0 Å². The van der Waals surface area contributed by atoms with Gasteiger partial charge in [-0.05, 0) is 13.8 Å². The van der Waals surface area contributed by atoms with E-state index in [4.69, 9.17) is 10.5 Å². The maximum Gasteiger partial charge on any atom is 0.221 e. The summed E-state index contributed by atoms with van der Waals surface area (Å²) in [6.45, 7) is 5.04. The number of nitrogens with two attached hydrogens (primary N) is 1. The van der Waals surface area contributed by atoms with Gasteiger partial charge in [-0.15, -0.1) is 0 Å². The summed E-state index contributed by atoms with van der Waals surface area (Å²) in [4.78, 5) is 11.3. The summed E-state index contributed by atoms with van der Waals surface area (Å²) in [5, 5.41) is 5.69. The van der Waals surface area contributed by atoms with Crippen molar-refractivity contribution in [1.82, 2.24) is 5.32 Å². The minimum absolute atomic E-state index is 0.0410. The second-order valence-corrected chi connectivity index (χ2v) is 3.93. The highest BCUT2D eigenvalue weighted by molar-refractivity contribution is 5.77. The van der Waals surface area contributed by atoms with Gasteiger partial charge < -0.3 is 21.1 Å². The molecule has 5 nitrogen and oxygen atoms in total. The molecule has 0 unspecified atom stereocenters. The molecule has 1 aromatic rings. The van der Waals surface area contributed by atoms with E-state index in [9.17, 15) is 9.18 Å². The Morgan fingerprint density at radius 1 is 1.42 bits per heavy atom. The van der Waals surface area contributed by atoms with Gasteiger partial charge in [0.25, 0.3) is 0 Å². The molecule has 0 aliphatic rings. The first kappa shape index (κ1) is 15.1. The minimum atomic E-state index is -0.492. The highest BCUT2D eigenvalue weighted by atomic mass is 19.1. The Morgan fingerprint density at radius 3 is 2.79 bits per heavy atom. The van der Waals surface area contributed by atoms with Gasteiger partial charge in [-0.25, -0.2) is 4.39 Å². The van der Waals surface area contributed by atoms with Crippen molar-refractivity contribution >= 4 is 17.3 Å². The number of nitrogen functional groups attached to an aromatic ring is 1. The number of hydrogen-bond acceptors (Lipinski definition) is 4. The number of benzene rings is 1. The smallest absolute Gasteiger partial charge is 0.221 e. The number of amides is 1. The molecule has 0 aliphatic carbocycles. The summed E-state index contributed by atoms with van der Waals surface area (Å²) in [6, 6.07) is 2.71. The fraction of sp³-hybridized carbons (Fsp3) is 0.462. The fourth-order valence-corrected chi connectivity index (χ4v) is 1.58. The second kappa shape index (κ2) is 7.45. The molecule has 0 saturated carbocycles. The van der Waals surface area contributed by atoms with Gasteiger partial charge >= 0.3 is 0 Å². The normalized spacial score (nSPS) is 10.1. The van der Waals surface area contributed by atoms with Crippen molar-refractivity contribution in [1.29, 1.82) is 0 Å². The lowest BCUT2D eigenvalue weighted by atomic mass is 10.2. The molecule has 1 amide bonds. The van der Waals surface area contributed by atoms with Crippen molar-refractivity contribution in [2.75, 3.05) is 30.7 Å². The molecule has 0 heterocycles. The Hall–Kier alpha value is -1.98. The molecule has 0 spiro atoms. The SMILES string of the molecule is CCNC(=O)CCNc1cc(OCC)c(F)cc1N. The first-order valence-electron chi connectivity index (χ1n) is 6.30. The van der Waals surface area contributed by atoms with E-state index in [-0.39, 0.29) is 17.3 Å². The van der Waals surface area contributed by atoms with Gasteiger partial charge in [-0.1, -0.05) is 0 Å². The largest absolute Gasteiger partial charge is 0.491 e. The van der Waals surface area contributed by atoms with Crippen LogP contribution in [0.4, 0.5) is 15.8 Å². The number of ether oxygens (including phenoxy) is 1. The number of rotatable bonds is 7. The lowest BCUT2D eigenvalue weighted by Gasteiger charge is -2.12. The number of anilines is 2. The first-order chi connectivity index (χ1) is 9.08. The Balaban J connectivity index is 2.62. The van der Waals surface area contributed by atoms with Crippen LogP contribution in [0.2, 0.25) is 0 Å². The van der Waals surface area contributed by atoms with Crippen LogP contribution >= 0.6 is 0 Å². The maximum absolute atomic E-state index is 13.5. The Morgan fingerprint density at radius 2 is 2.16 bits per heavy atom. The van der Waals surface area contributed by atoms with Gasteiger partial charge in [0.15, 0.2) is 11.6 Å². The molecule has 6 heteroatoms. The van der Waals surface area contributed by atoms with Crippen molar-refractivity contribution in [2.45, 2.75) is 20.3 Å². The summed E-state index contributed by atoms with van der Waals surface area (Å²) >= 11 is 0. The van der Waals surface area contributed by atoms with Crippen molar-refractivity contribution in [3.8, 4) is 5.75 Å². The summed E-state index contributed by atoms with van der Waals surface area (Å²) < 4.78 is 18.6. The third kappa shape index (κ3) is 4.65.